The third-order valence-electron chi connectivity index (χ3n) is 5.66. The summed E-state index contributed by atoms with van der Waals surface area (Å²) in [6, 6.07) is 16.6. The van der Waals surface area contributed by atoms with Crippen LogP contribution in [0.1, 0.15) is 27.0 Å². The highest BCUT2D eigenvalue weighted by Gasteiger charge is 2.32. The lowest BCUT2D eigenvalue weighted by molar-refractivity contribution is 0.101. The molecule has 0 bridgehead atoms. The van der Waals surface area contributed by atoms with Crippen LogP contribution in [0.3, 0.4) is 0 Å². The van der Waals surface area contributed by atoms with Crippen LogP contribution in [0.5, 0.6) is 28.7 Å². The van der Waals surface area contributed by atoms with E-state index in [2.05, 4.69) is 4.90 Å². The molecule has 7 heteroatoms. The number of carbonyl (C=O) groups excluding carboxylic acids is 1. The molecule has 34 heavy (non-hydrogen) atoms. The molecular formula is C27H27NO6. The first-order valence-electron chi connectivity index (χ1n) is 10.8. The molecule has 3 aromatic carbocycles. The number of ether oxygens (including phenoxy) is 4. The molecule has 0 aromatic heterocycles. The number of hydrogen-bond acceptors (Lipinski definition) is 7. The summed E-state index contributed by atoms with van der Waals surface area (Å²) in [5.41, 5.74) is 2.72. The molecule has 3 aromatic rings. The summed E-state index contributed by atoms with van der Waals surface area (Å²) >= 11 is 0. The Morgan fingerprint density at radius 2 is 1.59 bits per heavy atom. The largest absolute Gasteiger partial charge is 0.507 e. The summed E-state index contributed by atoms with van der Waals surface area (Å²) in [7, 11) is 6.57. The van der Waals surface area contributed by atoms with E-state index < -0.39 is 0 Å². The van der Waals surface area contributed by atoms with Crippen LogP contribution in [0.2, 0.25) is 0 Å². The van der Waals surface area contributed by atoms with Crippen molar-refractivity contribution in [2.24, 2.45) is 0 Å². The van der Waals surface area contributed by atoms with E-state index in [1.807, 2.05) is 37.4 Å². The third-order valence-corrected chi connectivity index (χ3v) is 5.66. The zero-order valence-corrected chi connectivity index (χ0v) is 19.6. The van der Waals surface area contributed by atoms with Crippen LogP contribution < -0.4 is 18.9 Å². The fraction of sp³-hybridized carbons (Fsp3) is 0.222. The van der Waals surface area contributed by atoms with Gasteiger partial charge in [0.15, 0.2) is 17.3 Å². The predicted octanol–water partition coefficient (Wildman–Crippen LogP) is 4.67. The Kier molecular flexibility index (Phi) is 6.75. The Morgan fingerprint density at radius 3 is 2.26 bits per heavy atom. The van der Waals surface area contributed by atoms with E-state index in [9.17, 15) is 9.90 Å². The number of ketones is 1. The van der Waals surface area contributed by atoms with Gasteiger partial charge in [-0.05, 0) is 36.9 Å². The molecule has 0 fully saturated rings. The molecule has 0 amide bonds. The standard InChI is InChI=1S/C27H27NO6/c1-28(15-17-8-6-5-7-9-17)16-20-21(29)11-10-19-26(30)25(34-27(19)20)13-18-12-23(32-3)24(33-4)14-22(18)31-2/h5-14,29H,15-16H2,1-4H3. The topological polar surface area (TPSA) is 77.5 Å². The van der Waals surface area contributed by atoms with Gasteiger partial charge in [-0.2, -0.15) is 0 Å². The van der Waals surface area contributed by atoms with E-state index in [-0.39, 0.29) is 17.3 Å². The molecule has 4 rings (SSSR count). The van der Waals surface area contributed by atoms with Gasteiger partial charge in [0, 0.05) is 24.7 Å². The molecule has 1 heterocycles. The quantitative estimate of drug-likeness (QED) is 0.489. The molecule has 0 spiro atoms. The molecule has 0 radical (unpaired) electrons. The number of carbonyl (C=O) groups is 1. The monoisotopic (exact) mass is 461 g/mol. The molecule has 0 saturated carbocycles. The van der Waals surface area contributed by atoms with E-state index >= 15 is 0 Å². The van der Waals surface area contributed by atoms with Crippen molar-refractivity contribution in [1.29, 1.82) is 0 Å². The predicted molar refractivity (Wildman–Crippen MR) is 129 cm³/mol. The number of Topliss-reactive ketones (excluding diaryl/α,β-unsaturated/α-hetero) is 1. The average Bonchev–Trinajstić information content (AvgIpc) is 3.16. The maximum Gasteiger partial charge on any atom is 0.231 e. The number of methoxy groups -OCH3 is 3. The van der Waals surface area contributed by atoms with Crippen LogP contribution >= 0.6 is 0 Å². The van der Waals surface area contributed by atoms with Gasteiger partial charge in [0.1, 0.15) is 17.2 Å². The van der Waals surface area contributed by atoms with Gasteiger partial charge in [-0.1, -0.05) is 30.3 Å². The minimum absolute atomic E-state index is 0.0800. The lowest BCUT2D eigenvalue weighted by Gasteiger charge is -2.19. The van der Waals surface area contributed by atoms with Crippen LogP contribution in [0, 0.1) is 0 Å². The van der Waals surface area contributed by atoms with Gasteiger partial charge in [0.05, 0.1) is 32.5 Å². The summed E-state index contributed by atoms with van der Waals surface area (Å²) in [5.74, 6) is 1.84. The second-order valence-electron chi connectivity index (χ2n) is 7.99. The van der Waals surface area contributed by atoms with E-state index in [0.29, 0.717) is 52.8 Å². The number of aromatic hydroxyl groups is 1. The molecule has 0 saturated heterocycles. The summed E-state index contributed by atoms with van der Waals surface area (Å²) in [5, 5.41) is 10.6. The minimum atomic E-state index is -0.265. The highest BCUT2D eigenvalue weighted by molar-refractivity contribution is 6.15. The Hall–Kier alpha value is -3.97. The van der Waals surface area contributed by atoms with Gasteiger partial charge < -0.3 is 24.1 Å². The molecule has 0 aliphatic carbocycles. The summed E-state index contributed by atoms with van der Waals surface area (Å²) in [4.78, 5) is 15.2. The minimum Gasteiger partial charge on any atom is -0.507 e. The Labute approximate surface area is 198 Å². The lowest BCUT2D eigenvalue weighted by Crippen LogP contribution is -2.17. The van der Waals surface area contributed by atoms with E-state index in [0.717, 1.165) is 5.56 Å². The molecule has 1 aliphatic heterocycles. The molecule has 0 atom stereocenters. The number of phenols is 1. The molecule has 0 unspecified atom stereocenters. The van der Waals surface area contributed by atoms with Crippen LogP contribution in [-0.2, 0) is 13.1 Å². The number of benzene rings is 3. The van der Waals surface area contributed by atoms with Crippen LogP contribution in [0.25, 0.3) is 6.08 Å². The zero-order valence-electron chi connectivity index (χ0n) is 19.6. The van der Waals surface area contributed by atoms with Crippen molar-refractivity contribution in [3.8, 4) is 28.7 Å². The van der Waals surface area contributed by atoms with Crippen LogP contribution in [-0.4, -0.2) is 44.2 Å². The maximum absolute atomic E-state index is 13.1. The van der Waals surface area contributed by atoms with Crippen molar-refractivity contribution in [3.05, 3.63) is 82.6 Å². The van der Waals surface area contributed by atoms with Crippen molar-refractivity contribution in [3.63, 3.8) is 0 Å². The van der Waals surface area contributed by atoms with Gasteiger partial charge in [0.2, 0.25) is 5.78 Å². The molecule has 1 aliphatic rings. The number of fused-ring (bicyclic) bond motifs is 1. The van der Waals surface area contributed by atoms with Crippen LogP contribution in [0.15, 0.2) is 60.4 Å². The second-order valence-corrected chi connectivity index (χ2v) is 7.99. The first kappa shape index (κ1) is 23.2. The second kappa shape index (κ2) is 9.89. The normalized spacial score (nSPS) is 13.7. The van der Waals surface area contributed by atoms with Gasteiger partial charge in [-0.25, -0.2) is 0 Å². The third kappa shape index (κ3) is 4.56. The van der Waals surface area contributed by atoms with Crippen molar-refractivity contribution in [1.82, 2.24) is 4.90 Å². The fourth-order valence-corrected chi connectivity index (χ4v) is 3.98. The highest BCUT2D eigenvalue weighted by atomic mass is 16.5. The van der Waals surface area contributed by atoms with Crippen molar-refractivity contribution in [2.75, 3.05) is 28.4 Å². The molecule has 176 valence electrons. The van der Waals surface area contributed by atoms with Crippen LogP contribution in [0.4, 0.5) is 0 Å². The Bertz CT molecular complexity index is 1240. The van der Waals surface area contributed by atoms with Gasteiger partial charge in [0.25, 0.3) is 0 Å². The maximum atomic E-state index is 13.1. The van der Waals surface area contributed by atoms with E-state index in [1.165, 1.54) is 20.3 Å². The zero-order chi connectivity index (χ0) is 24.2. The smallest absolute Gasteiger partial charge is 0.231 e. The Morgan fingerprint density at radius 1 is 0.912 bits per heavy atom. The SMILES string of the molecule is COc1cc(OC)c(OC)cc1C=C1Oc2c(ccc(O)c2CN(C)Cc2ccccc2)C1=O. The van der Waals surface area contributed by atoms with Gasteiger partial charge in [-0.15, -0.1) is 0 Å². The Balaban J connectivity index is 1.65. The average molecular weight is 462 g/mol. The first-order valence-corrected chi connectivity index (χ1v) is 10.8. The summed E-state index contributed by atoms with van der Waals surface area (Å²) in [6.07, 6.45) is 1.61. The number of hydrogen-bond donors (Lipinski definition) is 1. The van der Waals surface area contributed by atoms with Crippen molar-refractivity contribution in [2.45, 2.75) is 13.1 Å². The molecular weight excluding hydrogens is 434 g/mol. The number of allylic oxidation sites excluding steroid dienone is 1. The summed E-state index contributed by atoms with van der Waals surface area (Å²) in [6.45, 7) is 1.09. The van der Waals surface area contributed by atoms with Crippen molar-refractivity contribution >= 4 is 11.9 Å². The number of rotatable bonds is 8. The summed E-state index contributed by atoms with van der Waals surface area (Å²) < 4.78 is 22.2. The van der Waals surface area contributed by atoms with E-state index in [4.69, 9.17) is 18.9 Å². The highest BCUT2D eigenvalue weighted by Crippen LogP contribution is 2.42. The van der Waals surface area contributed by atoms with Crippen molar-refractivity contribution < 1.29 is 28.8 Å². The van der Waals surface area contributed by atoms with E-state index in [1.54, 1.807) is 31.4 Å². The fourth-order valence-electron chi connectivity index (χ4n) is 3.98. The van der Waals surface area contributed by atoms with Gasteiger partial charge >= 0.3 is 0 Å². The molecule has 7 nitrogen and oxygen atoms in total. The number of phenolic OH excluding ortho intramolecular Hbond substituents is 1. The lowest BCUT2D eigenvalue weighted by atomic mass is 10.0. The number of nitrogens with zero attached hydrogens (tertiary/aromatic N) is 1. The van der Waals surface area contributed by atoms with Gasteiger partial charge in [-0.3, -0.25) is 9.69 Å². The molecule has 1 N–H and O–H groups in total. The first-order chi connectivity index (χ1) is 16.4.